The van der Waals surface area contributed by atoms with Crippen molar-refractivity contribution in [1.29, 1.82) is 0 Å². The number of nitrogens with one attached hydrogen (secondary N) is 1. The average molecular weight is 375 g/mol. The first-order valence-electron chi connectivity index (χ1n) is 9.02. The van der Waals surface area contributed by atoms with Gasteiger partial charge in [0.15, 0.2) is 11.5 Å². The molecular weight excluding hydrogens is 354 g/mol. The predicted octanol–water partition coefficient (Wildman–Crippen LogP) is 3.90. The number of hydrogen-bond acceptors (Lipinski definition) is 4. The zero-order chi connectivity index (χ0) is 19.7. The minimum atomic E-state index is -0.304. The van der Waals surface area contributed by atoms with Crippen LogP contribution in [0.5, 0.6) is 11.5 Å². The maximum atomic E-state index is 12.3. The van der Waals surface area contributed by atoms with Crippen molar-refractivity contribution in [2.24, 2.45) is 5.10 Å². The molecule has 1 N–H and O–H groups in total. The van der Waals surface area contributed by atoms with Crippen LogP contribution in [0.4, 0.5) is 0 Å². The van der Waals surface area contributed by atoms with Crippen LogP contribution in [0.1, 0.15) is 32.9 Å². The summed E-state index contributed by atoms with van der Waals surface area (Å²) in [6.07, 6.45) is 1.66. The monoisotopic (exact) mass is 375 g/mol. The fourth-order valence-corrected chi connectivity index (χ4v) is 3.27. The molecule has 0 spiro atoms. The molecule has 1 aliphatic heterocycles. The molecular formula is C22H21N3O3. The van der Waals surface area contributed by atoms with Gasteiger partial charge in [-0.15, -0.1) is 0 Å². The fourth-order valence-electron chi connectivity index (χ4n) is 3.27. The van der Waals surface area contributed by atoms with E-state index in [1.165, 1.54) is 5.56 Å². The van der Waals surface area contributed by atoms with Crippen molar-refractivity contribution in [2.75, 3.05) is 6.79 Å². The Kier molecular flexibility index (Phi) is 4.61. The highest BCUT2D eigenvalue weighted by Crippen LogP contribution is 2.32. The van der Waals surface area contributed by atoms with Gasteiger partial charge in [-0.2, -0.15) is 5.10 Å². The van der Waals surface area contributed by atoms with Crippen LogP contribution in [0.3, 0.4) is 0 Å². The SMILES string of the molecule is Cc1ccc(-n2c(C)cc(/C=N\NC(=O)c3ccc4c(c3)OCO4)c2C)cc1. The van der Waals surface area contributed by atoms with E-state index >= 15 is 0 Å². The summed E-state index contributed by atoms with van der Waals surface area (Å²) in [5.74, 6) is 0.906. The zero-order valence-electron chi connectivity index (χ0n) is 16.0. The van der Waals surface area contributed by atoms with Crippen LogP contribution in [0.25, 0.3) is 5.69 Å². The third-order valence-corrected chi connectivity index (χ3v) is 4.77. The van der Waals surface area contributed by atoms with Gasteiger partial charge in [-0.1, -0.05) is 17.7 Å². The summed E-state index contributed by atoms with van der Waals surface area (Å²) in [6.45, 7) is 6.33. The van der Waals surface area contributed by atoms with Gasteiger partial charge in [0.05, 0.1) is 6.21 Å². The van der Waals surface area contributed by atoms with Crippen LogP contribution >= 0.6 is 0 Å². The molecule has 142 valence electrons. The Morgan fingerprint density at radius 1 is 1.04 bits per heavy atom. The minimum absolute atomic E-state index is 0.176. The second kappa shape index (κ2) is 7.23. The van der Waals surface area contributed by atoms with Gasteiger partial charge in [0.2, 0.25) is 6.79 Å². The molecule has 2 aromatic carbocycles. The van der Waals surface area contributed by atoms with E-state index in [0.717, 1.165) is 22.6 Å². The zero-order valence-corrected chi connectivity index (χ0v) is 16.0. The molecule has 4 rings (SSSR count). The Labute approximate surface area is 163 Å². The molecule has 0 radical (unpaired) electrons. The molecule has 0 saturated carbocycles. The minimum Gasteiger partial charge on any atom is -0.454 e. The molecule has 2 heterocycles. The second-order valence-electron chi connectivity index (χ2n) is 6.76. The molecule has 1 aliphatic rings. The van der Waals surface area contributed by atoms with E-state index in [1.54, 1.807) is 24.4 Å². The van der Waals surface area contributed by atoms with E-state index in [-0.39, 0.29) is 12.7 Å². The number of rotatable bonds is 4. The van der Waals surface area contributed by atoms with Crippen molar-refractivity contribution in [3.63, 3.8) is 0 Å². The lowest BCUT2D eigenvalue weighted by molar-refractivity contribution is 0.0954. The van der Waals surface area contributed by atoms with E-state index in [1.807, 2.05) is 13.0 Å². The average Bonchev–Trinajstić information content (AvgIpc) is 3.26. The Balaban J connectivity index is 1.50. The highest BCUT2D eigenvalue weighted by Gasteiger charge is 2.16. The van der Waals surface area contributed by atoms with Crippen molar-refractivity contribution in [2.45, 2.75) is 20.8 Å². The Morgan fingerprint density at radius 3 is 2.57 bits per heavy atom. The number of fused-ring (bicyclic) bond motifs is 1. The van der Waals surface area contributed by atoms with Gasteiger partial charge in [-0.05, 0) is 57.2 Å². The van der Waals surface area contributed by atoms with Gasteiger partial charge in [0, 0.05) is 28.2 Å². The van der Waals surface area contributed by atoms with Crippen LogP contribution in [0, 0.1) is 20.8 Å². The smallest absolute Gasteiger partial charge is 0.271 e. The van der Waals surface area contributed by atoms with Crippen LogP contribution in [-0.2, 0) is 0 Å². The number of hydrogen-bond donors (Lipinski definition) is 1. The highest BCUT2D eigenvalue weighted by molar-refractivity contribution is 5.95. The quantitative estimate of drug-likeness (QED) is 0.556. The molecule has 0 fully saturated rings. The molecule has 3 aromatic rings. The number of carbonyl (C=O) groups excluding carboxylic acids is 1. The van der Waals surface area contributed by atoms with Gasteiger partial charge in [-0.25, -0.2) is 5.43 Å². The number of aromatic nitrogens is 1. The number of carbonyl (C=O) groups is 1. The Hall–Kier alpha value is -3.54. The molecule has 6 heteroatoms. The largest absolute Gasteiger partial charge is 0.454 e. The molecule has 0 unspecified atom stereocenters. The molecule has 0 atom stereocenters. The van der Waals surface area contributed by atoms with Crippen LogP contribution in [0.2, 0.25) is 0 Å². The summed E-state index contributed by atoms with van der Waals surface area (Å²) < 4.78 is 12.7. The second-order valence-corrected chi connectivity index (χ2v) is 6.76. The maximum absolute atomic E-state index is 12.3. The molecule has 28 heavy (non-hydrogen) atoms. The van der Waals surface area contributed by atoms with Crippen molar-refractivity contribution in [3.05, 3.63) is 76.6 Å². The van der Waals surface area contributed by atoms with Crippen molar-refractivity contribution >= 4 is 12.1 Å². The van der Waals surface area contributed by atoms with Gasteiger partial charge in [0.25, 0.3) is 5.91 Å². The summed E-state index contributed by atoms with van der Waals surface area (Å²) in [5.41, 5.74) is 8.46. The van der Waals surface area contributed by atoms with E-state index in [9.17, 15) is 4.79 Å². The van der Waals surface area contributed by atoms with Gasteiger partial charge in [-0.3, -0.25) is 4.79 Å². The third kappa shape index (κ3) is 3.36. The summed E-state index contributed by atoms with van der Waals surface area (Å²) in [5, 5.41) is 4.12. The topological polar surface area (TPSA) is 64.9 Å². The van der Waals surface area contributed by atoms with Crippen molar-refractivity contribution in [3.8, 4) is 17.2 Å². The van der Waals surface area contributed by atoms with E-state index in [4.69, 9.17) is 9.47 Å². The van der Waals surface area contributed by atoms with Gasteiger partial charge in [0.1, 0.15) is 0 Å². The molecule has 1 aromatic heterocycles. The van der Waals surface area contributed by atoms with Crippen LogP contribution in [-0.4, -0.2) is 23.5 Å². The van der Waals surface area contributed by atoms with E-state index < -0.39 is 0 Å². The van der Waals surface area contributed by atoms with Crippen LogP contribution < -0.4 is 14.9 Å². The van der Waals surface area contributed by atoms with Gasteiger partial charge >= 0.3 is 0 Å². The summed E-state index contributed by atoms with van der Waals surface area (Å²) in [7, 11) is 0. The van der Waals surface area contributed by atoms with Crippen molar-refractivity contribution < 1.29 is 14.3 Å². The first-order chi connectivity index (χ1) is 13.5. The lowest BCUT2D eigenvalue weighted by atomic mass is 10.2. The van der Waals surface area contributed by atoms with Crippen molar-refractivity contribution in [1.82, 2.24) is 9.99 Å². The lowest BCUT2D eigenvalue weighted by Crippen LogP contribution is -2.17. The summed E-state index contributed by atoms with van der Waals surface area (Å²) in [4.78, 5) is 12.3. The Bertz CT molecular complexity index is 1070. The van der Waals surface area contributed by atoms with Gasteiger partial charge < -0.3 is 14.0 Å². The standard InChI is InChI=1S/C22H21N3O3/c1-14-4-7-19(8-5-14)25-15(2)10-18(16(25)3)12-23-24-22(26)17-6-9-20-21(11-17)28-13-27-20/h4-12H,13H2,1-3H3,(H,24,26)/b23-12-. The number of amides is 1. The molecule has 6 nitrogen and oxygen atoms in total. The van der Waals surface area contributed by atoms with E-state index in [0.29, 0.717) is 17.1 Å². The predicted molar refractivity (Wildman–Crippen MR) is 108 cm³/mol. The number of ether oxygens (including phenoxy) is 2. The number of benzene rings is 2. The first-order valence-corrected chi connectivity index (χ1v) is 9.02. The highest BCUT2D eigenvalue weighted by atomic mass is 16.7. The lowest BCUT2D eigenvalue weighted by Gasteiger charge is -2.09. The Morgan fingerprint density at radius 2 is 1.79 bits per heavy atom. The summed E-state index contributed by atoms with van der Waals surface area (Å²) >= 11 is 0. The number of aryl methyl sites for hydroxylation is 2. The normalized spacial score (nSPS) is 12.5. The number of hydrazone groups is 1. The molecule has 0 aliphatic carbocycles. The fraction of sp³-hybridized carbons (Fsp3) is 0.182. The van der Waals surface area contributed by atoms with E-state index in [2.05, 4.69) is 53.2 Å². The van der Waals surface area contributed by atoms with Crippen LogP contribution in [0.15, 0.2) is 53.6 Å². The summed E-state index contributed by atoms with van der Waals surface area (Å²) in [6, 6.07) is 15.5. The number of nitrogens with zero attached hydrogens (tertiary/aromatic N) is 2. The first kappa shape index (κ1) is 17.9. The third-order valence-electron chi connectivity index (χ3n) is 4.77. The molecule has 0 bridgehead atoms. The molecule has 0 saturated heterocycles. The molecule has 1 amide bonds. The maximum Gasteiger partial charge on any atom is 0.271 e.